The molecule has 8 heteroatoms. The van der Waals surface area contributed by atoms with E-state index in [1.807, 2.05) is 0 Å². The smallest absolute Gasteiger partial charge is 0.161 e. The maximum absolute atomic E-state index is 6.36. The van der Waals surface area contributed by atoms with E-state index in [0.717, 1.165) is 50.6 Å². The van der Waals surface area contributed by atoms with Crippen molar-refractivity contribution in [2.45, 2.75) is 200 Å². The van der Waals surface area contributed by atoms with E-state index in [-0.39, 0.29) is 24.8 Å². The summed E-state index contributed by atoms with van der Waals surface area (Å²) in [6.45, 7) is 10.6. The number of hydrogen-bond donors (Lipinski definition) is 2. The number of halogens is 2. The topological polar surface area (TPSA) is 75.0 Å². The summed E-state index contributed by atoms with van der Waals surface area (Å²) in [6, 6.07) is 6.41. The van der Waals surface area contributed by atoms with Crippen molar-refractivity contribution < 1.29 is 18.9 Å². The summed E-state index contributed by atoms with van der Waals surface area (Å²) in [5.74, 6) is 1.76. The van der Waals surface area contributed by atoms with E-state index in [2.05, 4.69) is 61.7 Å². The predicted molar refractivity (Wildman–Crippen MR) is 253 cm³/mol. The molecule has 0 fully saturated rings. The largest absolute Gasteiger partial charge is 0.490 e. The van der Waals surface area contributed by atoms with Crippen molar-refractivity contribution in [2.24, 2.45) is 5.73 Å². The quantitative estimate of drug-likeness (QED) is 0.0503. The van der Waals surface area contributed by atoms with Crippen LogP contribution < -0.4 is 20.5 Å². The summed E-state index contributed by atoms with van der Waals surface area (Å²) in [6.07, 6.45) is 46.4. The van der Waals surface area contributed by atoms with Gasteiger partial charge in [-0.25, -0.2) is 0 Å². The van der Waals surface area contributed by atoms with Gasteiger partial charge in [-0.2, -0.15) is 0 Å². The molecule has 0 aliphatic rings. The number of rotatable bonds is 44. The van der Waals surface area contributed by atoms with Gasteiger partial charge in [-0.1, -0.05) is 160 Å². The lowest BCUT2D eigenvalue weighted by Crippen LogP contribution is -2.20. The van der Waals surface area contributed by atoms with E-state index in [1.165, 1.54) is 173 Å². The lowest BCUT2D eigenvalue weighted by Gasteiger charge is -2.15. The van der Waals surface area contributed by atoms with E-state index in [1.54, 1.807) is 0 Å². The Hall–Kier alpha value is -1.28. The Labute approximate surface area is 365 Å². The fraction of sp³-hybridized carbons (Fsp3) is 0.796. The number of unbranched alkanes of at least 4 members (excludes halogenated alkanes) is 24. The average Bonchev–Trinajstić information content (AvgIpc) is 3.20. The van der Waals surface area contributed by atoms with Gasteiger partial charge < -0.3 is 30.0 Å². The normalized spacial score (nSPS) is 11.4. The molecule has 0 aliphatic heterocycles. The zero-order chi connectivity index (χ0) is 39.4. The van der Waals surface area contributed by atoms with E-state index < -0.39 is 0 Å². The minimum absolute atomic E-state index is 0. The van der Waals surface area contributed by atoms with E-state index in [9.17, 15) is 0 Å². The van der Waals surface area contributed by atoms with Gasteiger partial charge in [-0.05, 0) is 81.9 Å². The maximum Gasteiger partial charge on any atom is 0.161 e. The van der Waals surface area contributed by atoms with Crippen LogP contribution in [0.1, 0.15) is 199 Å². The molecule has 0 amide bonds. The molecule has 1 aromatic rings. The fourth-order valence-corrected chi connectivity index (χ4v) is 6.74. The third kappa shape index (κ3) is 41.3. The Bertz CT molecular complexity index is 981. The minimum Gasteiger partial charge on any atom is -0.490 e. The molecule has 57 heavy (non-hydrogen) atoms. The summed E-state index contributed by atoms with van der Waals surface area (Å²) in [4.78, 5) is 0. The van der Waals surface area contributed by atoms with Crippen LogP contribution in [0.3, 0.4) is 0 Å². The number of benzene rings is 1. The van der Waals surface area contributed by atoms with Gasteiger partial charge in [0.1, 0.15) is 0 Å². The van der Waals surface area contributed by atoms with E-state index >= 15 is 0 Å². The lowest BCUT2D eigenvalue weighted by atomic mass is 10.1. The molecule has 0 saturated carbocycles. The second-order valence-corrected chi connectivity index (χ2v) is 15.5. The zero-order valence-corrected chi connectivity index (χ0v) is 38.9. The van der Waals surface area contributed by atoms with Crippen LogP contribution in [0.2, 0.25) is 0 Å². The lowest BCUT2D eigenvalue weighted by molar-refractivity contribution is 0.0518. The average molecular weight is 844 g/mol. The van der Waals surface area contributed by atoms with Crippen LogP contribution in [0.15, 0.2) is 42.5 Å². The van der Waals surface area contributed by atoms with Crippen LogP contribution in [-0.2, 0) is 16.0 Å². The van der Waals surface area contributed by atoms with Crippen LogP contribution in [0.25, 0.3) is 0 Å². The summed E-state index contributed by atoms with van der Waals surface area (Å²) in [5.41, 5.74) is 6.66. The van der Waals surface area contributed by atoms with Gasteiger partial charge in [0, 0.05) is 19.6 Å². The Morgan fingerprint density at radius 1 is 0.456 bits per heavy atom. The van der Waals surface area contributed by atoms with Crippen LogP contribution in [0.5, 0.6) is 11.5 Å². The molecule has 0 unspecified atom stereocenters. The second-order valence-electron chi connectivity index (χ2n) is 15.5. The van der Waals surface area contributed by atoms with Crippen LogP contribution in [-0.4, -0.2) is 52.7 Å². The first-order valence-electron chi connectivity index (χ1n) is 23.6. The molecular weight excluding hydrogens is 751 g/mol. The van der Waals surface area contributed by atoms with Crippen molar-refractivity contribution >= 4 is 24.8 Å². The number of ether oxygens (including phenoxy) is 4. The molecule has 6 nitrogen and oxygen atoms in total. The van der Waals surface area contributed by atoms with Gasteiger partial charge in [0.2, 0.25) is 0 Å². The SMILES string of the molecule is CCCCCCCCC=CCCCCCCCCOc1ccc(CNCCOCCOCCN)cc1OCCCCCCCCC=CCCCCCCCC.Cl.Cl. The Morgan fingerprint density at radius 3 is 1.32 bits per heavy atom. The van der Waals surface area contributed by atoms with Crippen LogP contribution in [0.4, 0.5) is 0 Å². The summed E-state index contributed by atoms with van der Waals surface area (Å²) in [5, 5.41) is 3.49. The molecule has 0 aliphatic carbocycles. The summed E-state index contributed by atoms with van der Waals surface area (Å²) in [7, 11) is 0. The van der Waals surface area contributed by atoms with Crippen molar-refractivity contribution in [2.75, 3.05) is 52.7 Å². The number of nitrogens with two attached hydrogens (primary N) is 1. The maximum atomic E-state index is 6.36. The molecule has 0 heterocycles. The molecule has 3 N–H and O–H groups in total. The van der Waals surface area contributed by atoms with Crippen molar-refractivity contribution in [1.29, 1.82) is 0 Å². The molecule has 0 saturated heterocycles. The van der Waals surface area contributed by atoms with Crippen molar-refractivity contribution in [3.8, 4) is 11.5 Å². The van der Waals surface area contributed by atoms with Crippen molar-refractivity contribution in [3.63, 3.8) is 0 Å². The molecule has 0 radical (unpaired) electrons. The highest BCUT2D eigenvalue weighted by Crippen LogP contribution is 2.29. The van der Waals surface area contributed by atoms with Gasteiger partial charge in [-0.15, -0.1) is 24.8 Å². The number of nitrogens with one attached hydrogen (secondary N) is 1. The van der Waals surface area contributed by atoms with Gasteiger partial charge in [0.05, 0.1) is 39.6 Å². The number of allylic oxidation sites excluding steroid dienone is 4. The minimum atomic E-state index is 0. The Kier molecular flexibility index (Phi) is 49.8. The van der Waals surface area contributed by atoms with Gasteiger partial charge in [0.25, 0.3) is 0 Å². The van der Waals surface area contributed by atoms with Crippen molar-refractivity contribution in [3.05, 3.63) is 48.1 Å². The third-order valence-corrected chi connectivity index (χ3v) is 10.2. The van der Waals surface area contributed by atoms with Gasteiger partial charge in [0.15, 0.2) is 11.5 Å². The zero-order valence-electron chi connectivity index (χ0n) is 37.2. The molecule has 1 aromatic carbocycles. The molecule has 0 bridgehead atoms. The second kappa shape index (κ2) is 49.1. The van der Waals surface area contributed by atoms with Crippen LogP contribution >= 0.6 is 24.8 Å². The monoisotopic (exact) mass is 843 g/mol. The highest BCUT2D eigenvalue weighted by atomic mass is 35.5. The van der Waals surface area contributed by atoms with Gasteiger partial charge >= 0.3 is 0 Å². The molecule has 1 rings (SSSR count). The first kappa shape index (κ1) is 57.8. The van der Waals surface area contributed by atoms with Gasteiger partial charge in [-0.3, -0.25) is 0 Å². The first-order chi connectivity index (χ1) is 27.3. The first-order valence-corrected chi connectivity index (χ1v) is 23.6. The Balaban J connectivity index is 0. The summed E-state index contributed by atoms with van der Waals surface area (Å²) >= 11 is 0. The molecule has 0 spiro atoms. The molecular formula is C49H92Cl2N2O4. The van der Waals surface area contributed by atoms with E-state index in [0.29, 0.717) is 33.0 Å². The Morgan fingerprint density at radius 2 is 0.860 bits per heavy atom. The van der Waals surface area contributed by atoms with Crippen molar-refractivity contribution in [1.82, 2.24) is 5.32 Å². The van der Waals surface area contributed by atoms with Crippen LogP contribution in [0, 0.1) is 0 Å². The molecule has 0 atom stereocenters. The predicted octanol–water partition coefficient (Wildman–Crippen LogP) is 14.4. The molecule has 0 aromatic heterocycles. The third-order valence-electron chi connectivity index (χ3n) is 10.2. The fourth-order valence-electron chi connectivity index (χ4n) is 6.74. The van der Waals surface area contributed by atoms with E-state index in [4.69, 9.17) is 24.7 Å². The molecule has 336 valence electrons. The summed E-state index contributed by atoms with van der Waals surface area (Å²) < 4.78 is 23.7. The highest BCUT2D eigenvalue weighted by molar-refractivity contribution is 5.85. The highest BCUT2D eigenvalue weighted by Gasteiger charge is 2.08. The standard InChI is InChI=1S/C49H90N2O4.2ClH/c1-3-5-7-9-11-13-15-17-19-21-23-25-27-29-31-33-39-54-48-36-35-47(46-51-38-42-53-44-43-52-41-37-50)45-49(48)55-40-34-32-30-28-26-24-22-20-18-16-14-12-10-8-6-4-2;;/h17-20,35-36,45,51H,3-16,21-34,37-44,46,50H2,1-2H3;2*1H. The number of hydrogen-bond acceptors (Lipinski definition) is 6.